The smallest absolute Gasteiger partial charge is 0.292 e. The SMILES string of the molecule is Cc1ccc(S(=O)(=O)CC(=O)CC(=O)C(=O)Nc2ccc(Cl)cc2C)cc1. The standard InChI is InChI=1S/C19H18ClNO5S/c1-12-3-6-16(7-4-12)27(25,26)11-15(22)10-18(23)19(24)21-17-8-5-14(20)9-13(17)2/h3-9H,10-11H2,1-2H3,(H,21,24). The average Bonchev–Trinajstić information content (AvgIpc) is 2.57. The highest BCUT2D eigenvalue weighted by molar-refractivity contribution is 7.92. The van der Waals surface area contributed by atoms with E-state index in [1.807, 2.05) is 0 Å². The van der Waals surface area contributed by atoms with Crippen molar-refractivity contribution < 1.29 is 22.8 Å². The minimum atomic E-state index is -3.87. The Labute approximate surface area is 162 Å². The fourth-order valence-electron chi connectivity index (χ4n) is 2.31. The van der Waals surface area contributed by atoms with E-state index in [0.717, 1.165) is 5.56 Å². The normalized spacial score (nSPS) is 11.1. The Morgan fingerprint density at radius 3 is 2.22 bits per heavy atom. The van der Waals surface area contributed by atoms with E-state index in [1.165, 1.54) is 18.2 Å². The molecule has 0 fully saturated rings. The molecule has 0 saturated heterocycles. The summed E-state index contributed by atoms with van der Waals surface area (Å²) in [7, 11) is -3.87. The number of hydrogen-bond acceptors (Lipinski definition) is 5. The monoisotopic (exact) mass is 407 g/mol. The van der Waals surface area contributed by atoms with Crippen LogP contribution in [-0.4, -0.2) is 31.6 Å². The van der Waals surface area contributed by atoms with Crippen LogP contribution in [0.3, 0.4) is 0 Å². The molecule has 142 valence electrons. The minimum absolute atomic E-state index is 0.00450. The molecular weight excluding hydrogens is 390 g/mol. The van der Waals surface area contributed by atoms with E-state index in [-0.39, 0.29) is 4.90 Å². The van der Waals surface area contributed by atoms with Gasteiger partial charge in [0.05, 0.1) is 11.3 Å². The van der Waals surface area contributed by atoms with Gasteiger partial charge in [-0.3, -0.25) is 14.4 Å². The third-order valence-electron chi connectivity index (χ3n) is 3.78. The zero-order chi connectivity index (χ0) is 20.2. The molecule has 0 heterocycles. The summed E-state index contributed by atoms with van der Waals surface area (Å²) < 4.78 is 24.5. The molecule has 0 aliphatic heterocycles. The second-order valence-corrected chi connectivity index (χ2v) is 8.55. The summed E-state index contributed by atoms with van der Waals surface area (Å²) in [6.45, 7) is 3.51. The van der Waals surface area contributed by atoms with Gasteiger partial charge >= 0.3 is 0 Å². The fraction of sp³-hybridized carbons (Fsp3) is 0.211. The van der Waals surface area contributed by atoms with Crippen LogP contribution in [0.5, 0.6) is 0 Å². The molecule has 0 spiro atoms. The molecule has 0 aliphatic carbocycles. The van der Waals surface area contributed by atoms with E-state index >= 15 is 0 Å². The van der Waals surface area contributed by atoms with Crippen LogP contribution >= 0.6 is 11.6 Å². The summed E-state index contributed by atoms with van der Waals surface area (Å²) in [5.41, 5.74) is 1.92. The maximum absolute atomic E-state index is 12.2. The summed E-state index contributed by atoms with van der Waals surface area (Å²) >= 11 is 5.82. The van der Waals surface area contributed by atoms with Crippen LogP contribution < -0.4 is 5.32 Å². The lowest BCUT2D eigenvalue weighted by atomic mass is 10.1. The number of amides is 1. The van der Waals surface area contributed by atoms with Gasteiger partial charge in [0.15, 0.2) is 15.6 Å². The average molecular weight is 408 g/mol. The third kappa shape index (κ3) is 5.74. The first-order chi connectivity index (χ1) is 12.6. The Kier molecular flexibility index (Phi) is 6.51. The van der Waals surface area contributed by atoms with Crippen molar-refractivity contribution in [1.29, 1.82) is 0 Å². The van der Waals surface area contributed by atoms with Gasteiger partial charge in [0.25, 0.3) is 5.91 Å². The molecule has 0 atom stereocenters. The Morgan fingerprint density at radius 1 is 1.00 bits per heavy atom. The number of Topliss-reactive ketones (excluding diaryl/α,β-unsaturated/α-hetero) is 2. The number of nitrogens with one attached hydrogen (secondary N) is 1. The first-order valence-corrected chi connectivity index (χ1v) is 10.0. The highest BCUT2D eigenvalue weighted by Crippen LogP contribution is 2.19. The lowest BCUT2D eigenvalue weighted by Crippen LogP contribution is -2.27. The maximum atomic E-state index is 12.2. The van der Waals surface area contributed by atoms with Gasteiger partial charge in [-0.25, -0.2) is 8.42 Å². The van der Waals surface area contributed by atoms with Crippen LogP contribution in [0.1, 0.15) is 17.5 Å². The van der Waals surface area contributed by atoms with Gasteiger partial charge in [-0.1, -0.05) is 29.3 Å². The lowest BCUT2D eigenvalue weighted by Gasteiger charge is -2.08. The maximum Gasteiger partial charge on any atom is 0.292 e. The largest absolute Gasteiger partial charge is 0.319 e. The third-order valence-corrected chi connectivity index (χ3v) is 5.71. The van der Waals surface area contributed by atoms with Gasteiger partial charge in [-0.15, -0.1) is 0 Å². The predicted octanol–water partition coefficient (Wildman–Crippen LogP) is 2.90. The molecule has 0 unspecified atom stereocenters. The van der Waals surface area contributed by atoms with Crippen LogP contribution in [0.2, 0.25) is 5.02 Å². The van der Waals surface area contributed by atoms with Gasteiger partial charge in [0.1, 0.15) is 5.75 Å². The number of aryl methyl sites for hydroxylation is 2. The van der Waals surface area contributed by atoms with Crippen molar-refractivity contribution in [3.05, 3.63) is 58.6 Å². The molecule has 8 heteroatoms. The van der Waals surface area contributed by atoms with Crippen molar-refractivity contribution in [3.8, 4) is 0 Å². The van der Waals surface area contributed by atoms with E-state index in [1.54, 1.807) is 38.1 Å². The summed E-state index contributed by atoms with van der Waals surface area (Å²) in [4.78, 5) is 35.9. The lowest BCUT2D eigenvalue weighted by molar-refractivity contribution is -0.136. The zero-order valence-corrected chi connectivity index (χ0v) is 16.4. The number of halogens is 1. The van der Waals surface area contributed by atoms with Crippen molar-refractivity contribution >= 4 is 44.6 Å². The molecule has 1 N–H and O–H groups in total. The number of rotatable bonds is 7. The molecule has 0 radical (unpaired) electrons. The van der Waals surface area contributed by atoms with Gasteiger partial charge in [0, 0.05) is 10.7 Å². The van der Waals surface area contributed by atoms with Crippen LogP contribution in [-0.2, 0) is 24.2 Å². The number of carbonyl (C=O) groups excluding carboxylic acids is 3. The highest BCUT2D eigenvalue weighted by atomic mass is 35.5. The number of ketones is 2. The number of benzene rings is 2. The Morgan fingerprint density at radius 2 is 1.63 bits per heavy atom. The minimum Gasteiger partial charge on any atom is -0.319 e. The molecule has 2 rings (SSSR count). The van der Waals surface area contributed by atoms with Gasteiger partial charge in [-0.05, 0) is 49.7 Å². The van der Waals surface area contributed by atoms with E-state index in [9.17, 15) is 22.8 Å². The molecule has 0 aliphatic rings. The first kappa shape index (κ1) is 20.8. The molecule has 0 bridgehead atoms. The summed E-state index contributed by atoms with van der Waals surface area (Å²) in [6, 6.07) is 10.7. The van der Waals surface area contributed by atoms with Crippen molar-refractivity contribution in [2.24, 2.45) is 0 Å². The molecule has 27 heavy (non-hydrogen) atoms. The summed E-state index contributed by atoms with van der Waals surface area (Å²) in [5, 5.41) is 2.87. The fourth-order valence-corrected chi connectivity index (χ4v) is 3.78. The predicted molar refractivity (Wildman–Crippen MR) is 103 cm³/mol. The number of carbonyl (C=O) groups is 3. The van der Waals surface area contributed by atoms with Crippen LogP contribution in [0, 0.1) is 13.8 Å². The Hall–Kier alpha value is -2.51. The number of anilines is 1. The molecule has 2 aromatic rings. The zero-order valence-electron chi connectivity index (χ0n) is 14.8. The quantitative estimate of drug-likeness (QED) is 0.562. The van der Waals surface area contributed by atoms with Crippen molar-refractivity contribution in [3.63, 3.8) is 0 Å². The van der Waals surface area contributed by atoms with Gasteiger partial charge < -0.3 is 5.32 Å². The molecule has 0 aromatic heterocycles. The van der Waals surface area contributed by atoms with Crippen molar-refractivity contribution in [2.45, 2.75) is 25.2 Å². The highest BCUT2D eigenvalue weighted by Gasteiger charge is 2.24. The molecule has 1 amide bonds. The molecule has 2 aromatic carbocycles. The van der Waals surface area contributed by atoms with E-state index in [4.69, 9.17) is 11.6 Å². The van der Waals surface area contributed by atoms with E-state index < -0.39 is 39.5 Å². The van der Waals surface area contributed by atoms with Crippen LogP contribution in [0.4, 0.5) is 5.69 Å². The summed E-state index contributed by atoms with van der Waals surface area (Å²) in [5.74, 6) is -3.67. The Bertz CT molecular complexity index is 997. The van der Waals surface area contributed by atoms with E-state index in [0.29, 0.717) is 16.3 Å². The molecule has 0 saturated carbocycles. The van der Waals surface area contributed by atoms with Gasteiger partial charge in [0.2, 0.25) is 5.78 Å². The van der Waals surface area contributed by atoms with Crippen LogP contribution in [0.15, 0.2) is 47.4 Å². The number of hydrogen-bond donors (Lipinski definition) is 1. The second-order valence-electron chi connectivity index (χ2n) is 6.12. The topological polar surface area (TPSA) is 97.4 Å². The van der Waals surface area contributed by atoms with E-state index in [2.05, 4.69) is 5.32 Å². The second kappa shape index (κ2) is 8.45. The molecular formula is C19H18ClNO5S. The van der Waals surface area contributed by atoms with Crippen molar-refractivity contribution in [2.75, 3.05) is 11.1 Å². The van der Waals surface area contributed by atoms with Crippen LogP contribution in [0.25, 0.3) is 0 Å². The van der Waals surface area contributed by atoms with Crippen molar-refractivity contribution in [1.82, 2.24) is 0 Å². The van der Waals surface area contributed by atoms with Gasteiger partial charge in [-0.2, -0.15) is 0 Å². The first-order valence-electron chi connectivity index (χ1n) is 8.00. The number of sulfone groups is 1. The summed E-state index contributed by atoms with van der Waals surface area (Å²) in [6.07, 6.45) is -0.788. The molecule has 6 nitrogen and oxygen atoms in total. The Balaban J connectivity index is 1.99.